The van der Waals surface area contributed by atoms with Crippen molar-refractivity contribution in [1.29, 1.82) is 0 Å². The molecule has 1 N–H and O–H groups in total. The summed E-state index contributed by atoms with van der Waals surface area (Å²) < 4.78 is 22.1. The third kappa shape index (κ3) is 5.54. The number of nitrogens with zero attached hydrogens (tertiary/aromatic N) is 1. The van der Waals surface area contributed by atoms with Gasteiger partial charge in [-0.05, 0) is 60.9 Å². The van der Waals surface area contributed by atoms with Gasteiger partial charge in [0.05, 0.1) is 26.5 Å². The molecule has 4 rings (SSSR count). The number of anilines is 2. The van der Waals surface area contributed by atoms with Gasteiger partial charge in [-0.15, -0.1) is 0 Å². The molecule has 0 aliphatic carbocycles. The highest BCUT2D eigenvalue weighted by Crippen LogP contribution is 2.36. The van der Waals surface area contributed by atoms with Gasteiger partial charge in [0, 0.05) is 12.2 Å². The van der Waals surface area contributed by atoms with Gasteiger partial charge in [-0.1, -0.05) is 25.1 Å². The summed E-state index contributed by atoms with van der Waals surface area (Å²) >= 11 is 0. The lowest BCUT2D eigenvalue weighted by molar-refractivity contribution is -0.121. The minimum absolute atomic E-state index is 0.0313. The molecule has 1 heterocycles. The summed E-state index contributed by atoms with van der Waals surface area (Å²) in [7, 11) is 2.99. The van der Waals surface area contributed by atoms with Gasteiger partial charge >= 0.3 is 0 Å². The van der Waals surface area contributed by atoms with E-state index in [4.69, 9.17) is 18.9 Å². The zero-order valence-corrected chi connectivity index (χ0v) is 20.7. The maximum absolute atomic E-state index is 13.1. The molecule has 0 unspecified atom stereocenters. The third-order valence-corrected chi connectivity index (χ3v) is 5.94. The fourth-order valence-corrected chi connectivity index (χ4v) is 4.03. The van der Waals surface area contributed by atoms with Crippen LogP contribution in [0.2, 0.25) is 0 Å². The lowest BCUT2D eigenvalue weighted by Gasteiger charge is -2.30. The van der Waals surface area contributed by atoms with E-state index >= 15 is 0 Å². The fourth-order valence-electron chi connectivity index (χ4n) is 4.03. The molecule has 0 radical (unpaired) electrons. The van der Waals surface area contributed by atoms with Gasteiger partial charge in [-0.25, -0.2) is 0 Å². The molecule has 3 aromatic carbocycles. The first-order valence-electron chi connectivity index (χ1n) is 11.8. The standard InChI is InChI=1S/C28H30N2O6/c1-4-19-9-12-21(13-10-19)35-16-6-15-30-22-17-20(11-14-23(22)36-18-26(30)31)29-28(32)27-24(33-2)7-5-8-25(27)34-3/h5,7-14,17H,4,6,15-16,18H2,1-3H3,(H,29,32). The largest absolute Gasteiger partial charge is 0.496 e. The molecule has 0 saturated carbocycles. The predicted molar refractivity (Wildman–Crippen MR) is 138 cm³/mol. The molecule has 8 nitrogen and oxygen atoms in total. The summed E-state index contributed by atoms with van der Waals surface area (Å²) in [6.07, 6.45) is 1.61. The van der Waals surface area contributed by atoms with E-state index < -0.39 is 0 Å². The number of benzene rings is 3. The quantitative estimate of drug-likeness (QED) is 0.414. The number of nitrogens with one attached hydrogen (secondary N) is 1. The van der Waals surface area contributed by atoms with Crippen molar-refractivity contribution in [2.45, 2.75) is 19.8 Å². The number of methoxy groups -OCH3 is 2. The molecule has 0 aromatic heterocycles. The van der Waals surface area contributed by atoms with E-state index in [1.807, 2.05) is 24.3 Å². The Bertz CT molecular complexity index is 1200. The number of hydrogen-bond acceptors (Lipinski definition) is 6. The summed E-state index contributed by atoms with van der Waals surface area (Å²) in [5.41, 5.74) is 2.66. The Kier molecular flexibility index (Phi) is 7.95. The Morgan fingerprint density at radius 2 is 1.75 bits per heavy atom. The van der Waals surface area contributed by atoms with E-state index in [0.29, 0.717) is 48.2 Å². The second-order valence-corrected chi connectivity index (χ2v) is 8.21. The lowest BCUT2D eigenvalue weighted by Crippen LogP contribution is -2.39. The number of rotatable bonds is 10. The number of hydrogen-bond donors (Lipinski definition) is 1. The smallest absolute Gasteiger partial charge is 0.265 e. The summed E-state index contributed by atoms with van der Waals surface area (Å²) in [6, 6.07) is 18.4. The normalized spacial score (nSPS) is 12.4. The van der Waals surface area contributed by atoms with Crippen LogP contribution in [0.1, 0.15) is 29.3 Å². The maximum Gasteiger partial charge on any atom is 0.265 e. The topological polar surface area (TPSA) is 86.3 Å². The van der Waals surface area contributed by atoms with Crippen molar-refractivity contribution in [2.75, 3.05) is 44.2 Å². The molecular weight excluding hydrogens is 460 g/mol. The first-order chi connectivity index (χ1) is 17.5. The van der Waals surface area contributed by atoms with Gasteiger partial charge in [0.25, 0.3) is 11.8 Å². The van der Waals surface area contributed by atoms with Crippen LogP contribution in [0.25, 0.3) is 0 Å². The van der Waals surface area contributed by atoms with Crippen molar-refractivity contribution in [3.05, 3.63) is 71.8 Å². The lowest BCUT2D eigenvalue weighted by atomic mass is 10.1. The zero-order valence-electron chi connectivity index (χ0n) is 20.7. The second-order valence-electron chi connectivity index (χ2n) is 8.21. The first kappa shape index (κ1) is 24.9. The van der Waals surface area contributed by atoms with Crippen LogP contribution in [0.5, 0.6) is 23.0 Å². The van der Waals surface area contributed by atoms with Crippen LogP contribution in [0.4, 0.5) is 11.4 Å². The van der Waals surface area contributed by atoms with E-state index in [1.165, 1.54) is 19.8 Å². The Morgan fingerprint density at radius 3 is 2.42 bits per heavy atom. The zero-order chi connectivity index (χ0) is 25.5. The van der Waals surface area contributed by atoms with Crippen LogP contribution < -0.4 is 29.2 Å². The van der Waals surface area contributed by atoms with Crippen molar-refractivity contribution < 1.29 is 28.5 Å². The van der Waals surface area contributed by atoms with E-state index in [-0.39, 0.29) is 24.0 Å². The maximum atomic E-state index is 13.1. The second kappa shape index (κ2) is 11.5. The van der Waals surface area contributed by atoms with E-state index in [9.17, 15) is 9.59 Å². The first-order valence-corrected chi connectivity index (χ1v) is 11.8. The molecule has 1 aliphatic heterocycles. The van der Waals surface area contributed by atoms with Gasteiger partial charge in [0.2, 0.25) is 0 Å². The molecule has 0 atom stereocenters. The van der Waals surface area contributed by atoms with Crippen molar-refractivity contribution in [3.8, 4) is 23.0 Å². The number of aryl methyl sites for hydroxylation is 1. The van der Waals surface area contributed by atoms with Crippen LogP contribution in [-0.2, 0) is 11.2 Å². The molecule has 0 fully saturated rings. The fraction of sp³-hybridized carbons (Fsp3) is 0.286. The number of amides is 2. The van der Waals surface area contributed by atoms with Crippen molar-refractivity contribution >= 4 is 23.2 Å². The van der Waals surface area contributed by atoms with Crippen LogP contribution in [0.3, 0.4) is 0 Å². The monoisotopic (exact) mass is 490 g/mol. The summed E-state index contributed by atoms with van der Waals surface area (Å²) in [4.78, 5) is 27.4. The molecule has 0 saturated heterocycles. The summed E-state index contributed by atoms with van der Waals surface area (Å²) in [6.45, 7) is 3.01. The highest BCUT2D eigenvalue weighted by atomic mass is 16.5. The average molecular weight is 491 g/mol. The van der Waals surface area contributed by atoms with E-state index in [1.54, 1.807) is 41.3 Å². The number of carbonyl (C=O) groups excluding carboxylic acids is 2. The Balaban J connectivity index is 1.45. The van der Waals surface area contributed by atoms with Crippen molar-refractivity contribution in [1.82, 2.24) is 0 Å². The number of carbonyl (C=O) groups is 2. The molecule has 36 heavy (non-hydrogen) atoms. The molecule has 2 amide bonds. The van der Waals surface area contributed by atoms with Gasteiger partial charge in [-0.3, -0.25) is 9.59 Å². The molecule has 0 bridgehead atoms. The minimum atomic E-state index is -0.388. The SMILES string of the molecule is CCc1ccc(OCCCN2C(=O)COc3ccc(NC(=O)c4c(OC)cccc4OC)cc32)cc1. The van der Waals surface area contributed by atoms with Crippen molar-refractivity contribution in [3.63, 3.8) is 0 Å². The molecular formula is C28H30N2O6. The highest BCUT2D eigenvalue weighted by molar-refractivity contribution is 6.09. The van der Waals surface area contributed by atoms with Gasteiger partial charge in [-0.2, -0.15) is 0 Å². The van der Waals surface area contributed by atoms with Gasteiger partial charge in [0.15, 0.2) is 6.61 Å². The molecule has 8 heteroatoms. The van der Waals surface area contributed by atoms with Crippen LogP contribution in [0, 0.1) is 0 Å². The Morgan fingerprint density at radius 1 is 1.03 bits per heavy atom. The average Bonchev–Trinajstić information content (AvgIpc) is 2.91. The summed E-state index contributed by atoms with van der Waals surface area (Å²) in [5, 5.41) is 2.87. The summed E-state index contributed by atoms with van der Waals surface area (Å²) in [5.74, 6) is 1.64. The molecule has 3 aromatic rings. The van der Waals surface area contributed by atoms with Crippen LogP contribution in [-0.4, -0.2) is 45.8 Å². The molecule has 0 spiro atoms. The number of fused-ring (bicyclic) bond motifs is 1. The van der Waals surface area contributed by atoms with E-state index in [2.05, 4.69) is 12.2 Å². The Labute approximate surface area is 210 Å². The van der Waals surface area contributed by atoms with E-state index in [0.717, 1.165) is 12.2 Å². The number of ether oxygens (including phenoxy) is 4. The highest BCUT2D eigenvalue weighted by Gasteiger charge is 2.26. The third-order valence-electron chi connectivity index (χ3n) is 5.94. The van der Waals surface area contributed by atoms with Crippen LogP contribution in [0.15, 0.2) is 60.7 Å². The van der Waals surface area contributed by atoms with Gasteiger partial charge in [0.1, 0.15) is 28.6 Å². The van der Waals surface area contributed by atoms with Crippen LogP contribution >= 0.6 is 0 Å². The van der Waals surface area contributed by atoms with Gasteiger partial charge < -0.3 is 29.2 Å². The molecule has 1 aliphatic rings. The molecule has 188 valence electrons. The minimum Gasteiger partial charge on any atom is -0.496 e. The predicted octanol–water partition coefficient (Wildman–Crippen LogP) is 4.71. The van der Waals surface area contributed by atoms with Crippen molar-refractivity contribution in [2.24, 2.45) is 0 Å². The Hall–Kier alpha value is -4.20.